The standard InChI is InChI=1S/C17H13ClO4/c18-15-7-11(8-17-14(15)9-21-10-22-17)1-6-16(20)12-2-4-13(19)5-3-12/h1-8,19H,9-10H2. The molecule has 0 saturated carbocycles. The molecule has 2 aromatic carbocycles. The second kappa shape index (κ2) is 6.22. The van der Waals surface area contributed by atoms with Crippen LogP contribution in [0.5, 0.6) is 11.5 Å². The van der Waals surface area contributed by atoms with Gasteiger partial charge in [-0.2, -0.15) is 0 Å². The monoisotopic (exact) mass is 316 g/mol. The molecular weight excluding hydrogens is 304 g/mol. The van der Waals surface area contributed by atoms with Crippen LogP contribution < -0.4 is 4.74 Å². The SMILES string of the molecule is O=C(C=Cc1cc(Cl)c2c(c1)OCOC2)c1ccc(O)cc1. The molecule has 0 saturated heterocycles. The van der Waals surface area contributed by atoms with Crippen LogP contribution in [0.3, 0.4) is 0 Å². The third-order valence-corrected chi connectivity index (χ3v) is 3.64. The molecule has 3 rings (SSSR count). The van der Waals surface area contributed by atoms with Gasteiger partial charge in [-0.05, 0) is 48.0 Å². The number of carbonyl (C=O) groups is 1. The van der Waals surface area contributed by atoms with Gasteiger partial charge in [-0.1, -0.05) is 17.7 Å². The zero-order valence-electron chi connectivity index (χ0n) is 11.6. The van der Waals surface area contributed by atoms with Crippen LogP contribution in [-0.2, 0) is 11.3 Å². The zero-order chi connectivity index (χ0) is 15.5. The molecule has 5 heteroatoms. The molecule has 1 aliphatic heterocycles. The highest BCUT2D eigenvalue weighted by atomic mass is 35.5. The van der Waals surface area contributed by atoms with Crippen LogP contribution in [0.2, 0.25) is 5.02 Å². The first kappa shape index (κ1) is 14.6. The van der Waals surface area contributed by atoms with E-state index in [0.29, 0.717) is 22.9 Å². The number of phenolic OH excluding ortho intramolecular Hbond substituents is 1. The highest BCUT2D eigenvalue weighted by Crippen LogP contribution is 2.32. The number of halogens is 1. The topological polar surface area (TPSA) is 55.8 Å². The maximum atomic E-state index is 12.1. The number of carbonyl (C=O) groups excluding carboxylic acids is 1. The van der Waals surface area contributed by atoms with Gasteiger partial charge in [0.2, 0.25) is 0 Å². The first-order valence-corrected chi connectivity index (χ1v) is 7.06. The smallest absolute Gasteiger partial charge is 0.189 e. The average Bonchev–Trinajstić information content (AvgIpc) is 2.53. The Morgan fingerprint density at radius 1 is 1.23 bits per heavy atom. The fourth-order valence-electron chi connectivity index (χ4n) is 2.14. The van der Waals surface area contributed by atoms with E-state index in [0.717, 1.165) is 11.1 Å². The summed E-state index contributed by atoms with van der Waals surface area (Å²) >= 11 is 6.19. The minimum Gasteiger partial charge on any atom is -0.508 e. The zero-order valence-corrected chi connectivity index (χ0v) is 12.3. The van der Waals surface area contributed by atoms with Crippen molar-refractivity contribution in [3.63, 3.8) is 0 Å². The lowest BCUT2D eigenvalue weighted by molar-refractivity contribution is -0.0163. The number of hydrogen-bond acceptors (Lipinski definition) is 4. The number of benzene rings is 2. The number of aromatic hydroxyl groups is 1. The largest absolute Gasteiger partial charge is 0.508 e. The van der Waals surface area contributed by atoms with Gasteiger partial charge in [-0.3, -0.25) is 4.79 Å². The number of rotatable bonds is 3. The average molecular weight is 317 g/mol. The van der Waals surface area contributed by atoms with Crippen molar-refractivity contribution in [2.24, 2.45) is 0 Å². The fraction of sp³-hybridized carbons (Fsp3) is 0.118. The molecule has 0 bridgehead atoms. The first-order chi connectivity index (χ1) is 10.6. The molecule has 0 fully saturated rings. The van der Waals surface area contributed by atoms with Crippen molar-refractivity contribution in [3.05, 3.63) is 64.2 Å². The Labute approximate surface area is 132 Å². The van der Waals surface area contributed by atoms with E-state index in [4.69, 9.17) is 21.1 Å². The Bertz CT molecular complexity index is 735. The van der Waals surface area contributed by atoms with Gasteiger partial charge < -0.3 is 14.6 Å². The number of fused-ring (bicyclic) bond motifs is 1. The molecule has 0 unspecified atom stereocenters. The van der Waals surface area contributed by atoms with Crippen molar-refractivity contribution in [3.8, 4) is 11.5 Å². The molecule has 4 nitrogen and oxygen atoms in total. The van der Waals surface area contributed by atoms with Gasteiger partial charge in [0.1, 0.15) is 11.5 Å². The lowest BCUT2D eigenvalue weighted by atomic mass is 10.1. The van der Waals surface area contributed by atoms with Crippen molar-refractivity contribution in [1.82, 2.24) is 0 Å². The Morgan fingerprint density at radius 2 is 2.00 bits per heavy atom. The van der Waals surface area contributed by atoms with Crippen LogP contribution in [0.15, 0.2) is 42.5 Å². The van der Waals surface area contributed by atoms with Crippen molar-refractivity contribution in [2.45, 2.75) is 6.61 Å². The maximum absolute atomic E-state index is 12.1. The molecule has 0 aliphatic carbocycles. The van der Waals surface area contributed by atoms with Gasteiger partial charge in [0.15, 0.2) is 12.6 Å². The van der Waals surface area contributed by atoms with Crippen LogP contribution in [0.4, 0.5) is 0 Å². The summed E-state index contributed by atoms with van der Waals surface area (Å²) in [5.41, 5.74) is 2.09. The summed E-state index contributed by atoms with van der Waals surface area (Å²) in [6.45, 7) is 0.619. The third kappa shape index (κ3) is 3.13. The van der Waals surface area contributed by atoms with Crippen molar-refractivity contribution in [2.75, 3.05) is 6.79 Å². The van der Waals surface area contributed by atoms with Gasteiger partial charge in [0, 0.05) is 11.1 Å². The van der Waals surface area contributed by atoms with Crippen LogP contribution in [0.1, 0.15) is 21.5 Å². The van der Waals surface area contributed by atoms with E-state index < -0.39 is 0 Å². The van der Waals surface area contributed by atoms with Gasteiger partial charge >= 0.3 is 0 Å². The molecule has 0 amide bonds. The highest BCUT2D eigenvalue weighted by molar-refractivity contribution is 6.31. The van der Waals surface area contributed by atoms with E-state index in [2.05, 4.69) is 0 Å². The van der Waals surface area contributed by atoms with Gasteiger partial charge in [0.05, 0.1) is 11.6 Å². The molecule has 22 heavy (non-hydrogen) atoms. The minimum atomic E-state index is -0.155. The second-order valence-electron chi connectivity index (χ2n) is 4.83. The minimum absolute atomic E-state index is 0.126. The third-order valence-electron chi connectivity index (χ3n) is 3.30. The van der Waals surface area contributed by atoms with E-state index >= 15 is 0 Å². The Morgan fingerprint density at radius 3 is 2.77 bits per heavy atom. The number of phenols is 1. The summed E-state index contributed by atoms with van der Waals surface area (Å²) in [5.74, 6) is 0.648. The Balaban J connectivity index is 1.82. The molecular formula is C17H13ClO4. The highest BCUT2D eigenvalue weighted by Gasteiger charge is 2.14. The summed E-state index contributed by atoms with van der Waals surface area (Å²) in [6.07, 6.45) is 3.14. The van der Waals surface area contributed by atoms with Crippen LogP contribution in [-0.4, -0.2) is 17.7 Å². The normalized spacial score (nSPS) is 13.7. The van der Waals surface area contributed by atoms with E-state index in [1.165, 1.54) is 18.2 Å². The summed E-state index contributed by atoms with van der Waals surface area (Å²) in [7, 11) is 0. The molecule has 0 spiro atoms. The Hall–Kier alpha value is -2.30. The number of hydrogen-bond donors (Lipinski definition) is 1. The van der Waals surface area contributed by atoms with Gasteiger partial charge in [-0.25, -0.2) is 0 Å². The van der Waals surface area contributed by atoms with E-state index in [-0.39, 0.29) is 18.3 Å². The predicted octanol–water partition coefficient (Wildman–Crippen LogP) is 3.81. The second-order valence-corrected chi connectivity index (χ2v) is 5.24. The van der Waals surface area contributed by atoms with Crippen molar-refractivity contribution >= 4 is 23.5 Å². The van der Waals surface area contributed by atoms with E-state index in [1.54, 1.807) is 24.3 Å². The Kier molecular flexibility index (Phi) is 4.13. The number of ether oxygens (including phenoxy) is 2. The maximum Gasteiger partial charge on any atom is 0.189 e. The quantitative estimate of drug-likeness (QED) is 0.691. The fourth-order valence-corrected chi connectivity index (χ4v) is 2.41. The van der Waals surface area contributed by atoms with Gasteiger partial charge in [-0.15, -0.1) is 0 Å². The van der Waals surface area contributed by atoms with Crippen molar-refractivity contribution < 1.29 is 19.4 Å². The lowest BCUT2D eigenvalue weighted by Crippen LogP contribution is -2.11. The van der Waals surface area contributed by atoms with Crippen molar-refractivity contribution in [1.29, 1.82) is 0 Å². The number of allylic oxidation sites excluding steroid dienone is 1. The summed E-state index contributed by atoms with van der Waals surface area (Å²) in [4.78, 5) is 12.1. The molecule has 2 aromatic rings. The van der Waals surface area contributed by atoms with E-state index in [9.17, 15) is 9.90 Å². The number of ketones is 1. The molecule has 0 aromatic heterocycles. The summed E-state index contributed by atoms with van der Waals surface area (Å²) in [6, 6.07) is 9.68. The summed E-state index contributed by atoms with van der Waals surface area (Å²) < 4.78 is 10.6. The van der Waals surface area contributed by atoms with Crippen LogP contribution in [0, 0.1) is 0 Å². The molecule has 0 radical (unpaired) electrons. The molecule has 1 aliphatic rings. The lowest BCUT2D eigenvalue weighted by Gasteiger charge is -2.19. The van der Waals surface area contributed by atoms with Gasteiger partial charge in [0.25, 0.3) is 0 Å². The predicted molar refractivity (Wildman–Crippen MR) is 83.2 cm³/mol. The van der Waals surface area contributed by atoms with E-state index in [1.807, 2.05) is 6.07 Å². The molecule has 112 valence electrons. The molecule has 1 heterocycles. The van der Waals surface area contributed by atoms with Crippen LogP contribution in [0.25, 0.3) is 6.08 Å². The van der Waals surface area contributed by atoms with Crippen LogP contribution >= 0.6 is 11.6 Å². The molecule has 0 atom stereocenters. The first-order valence-electron chi connectivity index (χ1n) is 6.68. The molecule has 1 N–H and O–H groups in total. The summed E-state index contributed by atoms with van der Waals surface area (Å²) in [5, 5.41) is 9.77.